The van der Waals surface area contributed by atoms with Gasteiger partial charge in [0, 0.05) is 18.7 Å². The van der Waals surface area contributed by atoms with Gasteiger partial charge in [0.15, 0.2) is 0 Å². The number of rotatable bonds is 3. The smallest absolute Gasteiger partial charge is 0.231 e. The Balaban J connectivity index is 1.77. The van der Waals surface area contributed by atoms with E-state index in [1.807, 2.05) is 0 Å². The van der Waals surface area contributed by atoms with E-state index >= 15 is 0 Å². The van der Waals surface area contributed by atoms with Crippen molar-refractivity contribution >= 4 is 0 Å². The van der Waals surface area contributed by atoms with E-state index in [0.29, 0.717) is 19.0 Å². The van der Waals surface area contributed by atoms with Gasteiger partial charge in [0.25, 0.3) is 0 Å². The third kappa shape index (κ3) is 2.68. The summed E-state index contributed by atoms with van der Waals surface area (Å²) in [6.07, 6.45) is -0.363. The number of benzene rings is 1. The lowest BCUT2D eigenvalue weighted by Crippen LogP contribution is -2.33. The lowest BCUT2D eigenvalue weighted by atomic mass is 10.1. The summed E-state index contributed by atoms with van der Waals surface area (Å²) in [5.41, 5.74) is -0.0783. The molecule has 0 spiro atoms. The highest BCUT2D eigenvalue weighted by molar-refractivity contribution is 5.22. The Labute approximate surface area is 113 Å². The summed E-state index contributed by atoms with van der Waals surface area (Å²) in [4.78, 5) is 4.14. The van der Waals surface area contributed by atoms with Gasteiger partial charge in [-0.25, -0.2) is 8.78 Å². The first-order valence-corrected chi connectivity index (χ1v) is 6.32. The molecule has 1 atom stereocenters. The number of nitrogens with one attached hydrogen (secondary N) is 1. The van der Waals surface area contributed by atoms with E-state index in [0.717, 1.165) is 6.54 Å². The summed E-state index contributed by atoms with van der Waals surface area (Å²) in [5, 5.41) is 6.94. The Morgan fingerprint density at radius 2 is 2.10 bits per heavy atom. The van der Waals surface area contributed by atoms with Gasteiger partial charge >= 0.3 is 0 Å². The first-order valence-electron chi connectivity index (χ1n) is 6.32. The molecular weight excluding hydrogens is 268 g/mol. The summed E-state index contributed by atoms with van der Waals surface area (Å²) < 4.78 is 37.6. The normalized spacial score (nSPS) is 19.2. The van der Waals surface area contributed by atoms with E-state index in [1.54, 1.807) is 0 Å². The summed E-state index contributed by atoms with van der Waals surface area (Å²) in [5.74, 6) is -0.692. The Morgan fingerprint density at radius 1 is 1.30 bits per heavy atom. The van der Waals surface area contributed by atoms with Crippen LogP contribution in [0.4, 0.5) is 8.78 Å². The molecule has 0 aliphatic carbocycles. The van der Waals surface area contributed by atoms with Crippen LogP contribution in [0.2, 0.25) is 0 Å². The molecule has 1 N–H and O–H groups in total. The van der Waals surface area contributed by atoms with Crippen LogP contribution < -0.4 is 5.32 Å². The van der Waals surface area contributed by atoms with Crippen molar-refractivity contribution in [1.82, 2.24) is 15.5 Å². The minimum absolute atomic E-state index is 0.0777. The lowest BCUT2D eigenvalue weighted by Gasteiger charge is -2.20. The fourth-order valence-corrected chi connectivity index (χ4v) is 2.05. The molecule has 7 heteroatoms. The molecule has 1 fully saturated rings. The van der Waals surface area contributed by atoms with Crippen LogP contribution in [0.25, 0.3) is 0 Å². The van der Waals surface area contributed by atoms with Crippen molar-refractivity contribution in [3.05, 3.63) is 47.1 Å². The first kappa shape index (κ1) is 13.1. The fraction of sp³-hybridized carbons (Fsp3) is 0.385. The predicted octanol–water partition coefficient (Wildman–Crippen LogP) is 1.60. The molecule has 0 bridgehead atoms. The third-order valence-electron chi connectivity index (χ3n) is 3.09. The van der Waals surface area contributed by atoms with Crippen molar-refractivity contribution in [3.8, 4) is 0 Å². The largest absolute Gasteiger partial charge is 0.367 e. The molecule has 1 aromatic carbocycles. The minimum atomic E-state index is -0.625. The van der Waals surface area contributed by atoms with Crippen molar-refractivity contribution < 1.29 is 18.0 Å². The van der Waals surface area contributed by atoms with Crippen LogP contribution in [-0.2, 0) is 11.2 Å². The molecule has 0 amide bonds. The van der Waals surface area contributed by atoms with Gasteiger partial charge in [0.05, 0.1) is 13.0 Å². The SMILES string of the molecule is Fc1cccc(F)c1Cc1nc(C2CNCCO2)no1. The number of aromatic nitrogens is 2. The number of hydrogen-bond donors (Lipinski definition) is 1. The van der Waals surface area contributed by atoms with Crippen LogP contribution >= 0.6 is 0 Å². The van der Waals surface area contributed by atoms with Crippen molar-refractivity contribution in [1.29, 1.82) is 0 Å². The Kier molecular flexibility index (Phi) is 3.70. The zero-order chi connectivity index (χ0) is 13.9. The number of halogens is 2. The Hall–Kier alpha value is -1.86. The highest BCUT2D eigenvalue weighted by atomic mass is 19.1. The number of morpholine rings is 1. The molecule has 5 nitrogen and oxygen atoms in total. The fourth-order valence-electron chi connectivity index (χ4n) is 2.05. The van der Waals surface area contributed by atoms with Crippen LogP contribution in [0.1, 0.15) is 23.4 Å². The van der Waals surface area contributed by atoms with E-state index in [4.69, 9.17) is 9.26 Å². The van der Waals surface area contributed by atoms with Crippen molar-refractivity contribution in [2.75, 3.05) is 19.7 Å². The standard InChI is InChI=1S/C13H13F2N3O2/c14-9-2-1-3-10(15)8(9)6-12-17-13(18-20-12)11-7-16-4-5-19-11/h1-3,11,16H,4-7H2. The monoisotopic (exact) mass is 281 g/mol. The zero-order valence-electron chi connectivity index (χ0n) is 10.6. The third-order valence-corrected chi connectivity index (χ3v) is 3.09. The van der Waals surface area contributed by atoms with Gasteiger partial charge in [-0.05, 0) is 12.1 Å². The second-order valence-electron chi connectivity index (χ2n) is 4.49. The highest BCUT2D eigenvalue weighted by Gasteiger charge is 2.22. The van der Waals surface area contributed by atoms with Crippen LogP contribution in [0.5, 0.6) is 0 Å². The van der Waals surface area contributed by atoms with Crippen molar-refractivity contribution in [3.63, 3.8) is 0 Å². The van der Waals surface area contributed by atoms with Gasteiger partial charge in [-0.2, -0.15) is 4.98 Å². The molecule has 2 heterocycles. The Bertz CT molecular complexity index is 577. The predicted molar refractivity (Wildman–Crippen MR) is 65.0 cm³/mol. The van der Waals surface area contributed by atoms with Crippen LogP contribution in [0.15, 0.2) is 22.7 Å². The van der Waals surface area contributed by atoms with Crippen LogP contribution in [-0.4, -0.2) is 29.8 Å². The van der Waals surface area contributed by atoms with Gasteiger partial charge < -0.3 is 14.6 Å². The van der Waals surface area contributed by atoms with E-state index in [2.05, 4.69) is 15.5 Å². The molecule has 2 aromatic rings. The molecule has 1 aromatic heterocycles. The lowest BCUT2D eigenvalue weighted by molar-refractivity contribution is 0.0208. The summed E-state index contributed by atoms with van der Waals surface area (Å²) in [7, 11) is 0. The summed E-state index contributed by atoms with van der Waals surface area (Å²) >= 11 is 0. The maximum atomic E-state index is 13.5. The molecule has 3 rings (SSSR count). The molecule has 0 radical (unpaired) electrons. The number of ether oxygens (including phenoxy) is 1. The van der Waals surface area contributed by atoms with E-state index in [-0.39, 0.29) is 24.0 Å². The van der Waals surface area contributed by atoms with Gasteiger partial charge in [0.1, 0.15) is 17.7 Å². The highest BCUT2D eigenvalue weighted by Crippen LogP contribution is 2.19. The molecular formula is C13H13F2N3O2. The summed E-state index contributed by atoms with van der Waals surface area (Å²) in [6, 6.07) is 3.71. The molecule has 106 valence electrons. The molecule has 0 saturated carbocycles. The average Bonchev–Trinajstić information content (AvgIpc) is 2.93. The maximum Gasteiger partial charge on any atom is 0.231 e. The van der Waals surface area contributed by atoms with Gasteiger partial charge in [-0.15, -0.1) is 0 Å². The maximum absolute atomic E-state index is 13.5. The molecule has 1 unspecified atom stereocenters. The topological polar surface area (TPSA) is 60.2 Å². The average molecular weight is 281 g/mol. The second kappa shape index (κ2) is 5.64. The van der Waals surface area contributed by atoms with Gasteiger partial charge in [-0.3, -0.25) is 0 Å². The molecule has 1 aliphatic heterocycles. The van der Waals surface area contributed by atoms with Gasteiger partial charge in [-0.1, -0.05) is 11.2 Å². The van der Waals surface area contributed by atoms with E-state index < -0.39 is 11.6 Å². The molecule has 20 heavy (non-hydrogen) atoms. The van der Waals surface area contributed by atoms with Crippen LogP contribution in [0.3, 0.4) is 0 Å². The Morgan fingerprint density at radius 3 is 2.80 bits per heavy atom. The number of hydrogen-bond acceptors (Lipinski definition) is 5. The van der Waals surface area contributed by atoms with Gasteiger partial charge in [0.2, 0.25) is 11.7 Å². The molecule has 1 aliphatic rings. The first-order chi connectivity index (χ1) is 9.74. The summed E-state index contributed by atoms with van der Waals surface area (Å²) in [6.45, 7) is 1.94. The van der Waals surface area contributed by atoms with Crippen molar-refractivity contribution in [2.24, 2.45) is 0 Å². The van der Waals surface area contributed by atoms with Crippen molar-refractivity contribution in [2.45, 2.75) is 12.5 Å². The zero-order valence-corrected chi connectivity index (χ0v) is 10.6. The number of nitrogens with zero attached hydrogens (tertiary/aromatic N) is 2. The molecule has 1 saturated heterocycles. The quantitative estimate of drug-likeness (QED) is 0.926. The second-order valence-corrected chi connectivity index (χ2v) is 4.49. The minimum Gasteiger partial charge on any atom is -0.367 e. The van der Waals surface area contributed by atoms with E-state index in [1.165, 1.54) is 18.2 Å². The van der Waals surface area contributed by atoms with Crippen LogP contribution in [0, 0.1) is 11.6 Å². The van der Waals surface area contributed by atoms with E-state index in [9.17, 15) is 8.78 Å².